The Labute approximate surface area is 233 Å². The van der Waals surface area contributed by atoms with E-state index >= 15 is 0 Å². The number of carbonyl (C=O) groups is 2. The number of carboxylic acids is 1. The number of amides is 1. The number of alkyl halides is 2. The maximum atomic E-state index is 13.3. The fraction of sp³-hybridized carbons (Fsp3) is 0.483. The molecule has 0 unspecified atom stereocenters. The van der Waals surface area contributed by atoms with Gasteiger partial charge in [0.25, 0.3) is 0 Å². The van der Waals surface area contributed by atoms with E-state index < -0.39 is 17.8 Å². The number of fused-ring (bicyclic) bond motifs is 1. The Morgan fingerprint density at radius 1 is 1.20 bits per heavy atom. The number of nitrogens with zero attached hydrogens (tertiary/aromatic N) is 2. The molecule has 1 saturated carbocycles. The lowest BCUT2D eigenvalue weighted by Crippen LogP contribution is -2.52. The van der Waals surface area contributed by atoms with Gasteiger partial charge in [-0.15, -0.1) is 0 Å². The average Bonchev–Trinajstić information content (AvgIpc) is 3.42. The number of pyridine rings is 1. The normalized spacial score (nSPS) is 17.1. The van der Waals surface area contributed by atoms with Gasteiger partial charge < -0.3 is 25.9 Å². The molecule has 1 aromatic carbocycles. The molecule has 5 rings (SSSR count). The lowest BCUT2D eigenvalue weighted by Gasteiger charge is -2.51. The van der Waals surface area contributed by atoms with Gasteiger partial charge in [0.1, 0.15) is 11.6 Å². The molecule has 0 radical (unpaired) electrons. The minimum atomic E-state index is -2.42. The Hall–Kier alpha value is -3.73. The van der Waals surface area contributed by atoms with Crippen molar-refractivity contribution in [3.05, 3.63) is 53.3 Å². The lowest BCUT2D eigenvalue weighted by atomic mass is 9.61. The molecule has 1 spiro atoms. The van der Waals surface area contributed by atoms with Crippen molar-refractivity contribution in [1.29, 1.82) is 0 Å². The Bertz CT molecular complexity index is 1310. The number of aromatic carboxylic acids is 1. The number of nitrogens with one attached hydrogen (secondary N) is 2. The smallest absolute Gasteiger partial charge is 0.354 e. The maximum absolute atomic E-state index is 13.3. The summed E-state index contributed by atoms with van der Waals surface area (Å²) in [5.74, 6) is -2.85. The zero-order chi connectivity index (χ0) is 29.5. The van der Waals surface area contributed by atoms with Gasteiger partial charge >= 0.3 is 5.97 Å². The molecule has 2 fully saturated rings. The van der Waals surface area contributed by atoms with Gasteiger partial charge in [-0.25, -0.2) is 18.6 Å². The number of benzene rings is 1. The van der Waals surface area contributed by atoms with E-state index in [2.05, 4.69) is 39.2 Å². The summed E-state index contributed by atoms with van der Waals surface area (Å²) in [7, 11) is 1.71. The number of hydrogen-bond donors (Lipinski definition) is 4. The zero-order valence-corrected chi connectivity index (χ0v) is 23.5. The number of primary amides is 1. The highest BCUT2D eigenvalue weighted by atomic mass is 19.3. The molecule has 5 N–H and O–H groups in total. The summed E-state index contributed by atoms with van der Waals surface area (Å²) in [4.78, 5) is 30.3. The topological polar surface area (TPSA) is 134 Å². The Kier molecular flexibility index (Phi) is 10.1. The molecular formula is C29H39F2N5O4. The molecule has 1 aliphatic heterocycles. The number of nitrogens with two attached hydrogens (primary N) is 1. The number of carboxylic acid groups (broad SMARTS) is 1. The van der Waals surface area contributed by atoms with E-state index in [4.69, 9.17) is 15.6 Å². The third-order valence-electron chi connectivity index (χ3n) is 7.31. The standard InChI is InChI=1S/C19H24F2N2O.C8H9N3O3.C2H6/c1-13-9-16(24-2)15(14-3-6-22-17(13)14)10-23-7-4-18(5-8-23)11-19(20,21)12-18;9-6(12)4-10-7-3-1-2-5(11-7)8(13)14;1-2/h3,6,9,22H,4-5,7-8,10-12H2,1-2H3;1-3H,4H2,(H2,9,12)(H,10,11)(H,13,14);1-2H3. The quantitative estimate of drug-likeness (QED) is 0.313. The molecule has 2 aromatic heterocycles. The van der Waals surface area contributed by atoms with Gasteiger partial charge in [-0.3, -0.25) is 9.69 Å². The van der Waals surface area contributed by atoms with Crippen LogP contribution in [0.3, 0.4) is 0 Å². The first kappa shape index (κ1) is 30.8. The first-order chi connectivity index (χ1) is 19.0. The van der Waals surface area contributed by atoms with Gasteiger partial charge in [-0.1, -0.05) is 19.9 Å². The monoisotopic (exact) mass is 559 g/mol. The van der Waals surface area contributed by atoms with Crippen LogP contribution in [-0.4, -0.2) is 64.5 Å². The van der Waals surface area contributed by atoms with Crippen LogP contribution in [0.4, 0.5) is 14.6 Å². The van der Waals surface area contributed by atoms with Gasteiger partial charge in [-0.2, -0.15) is 0 Å². The van der Waals surface area contributed by atoms with Crippen LogP contribution in [0.1, 0.15) is 61.1 Å². The third kappa shape index (κ3) is 7.47. The Balaban J connectivity index is 0.000000236. The fourth-order valence-electron chi connectivity index (χ4n) is 5.42. The number of piperidine rings is 1. The number of aryl methyl sites for hydroxylation is 1. The number of ether oxygens (including phenoxy) is 1. The first-order valence-electron chi connectivity index (χ1n) is 13.5. The van der Waals surface area contributed by atoms with Crippen LogP contribution in [0.15, 0.2) is 36.5 Å². The van der Waals surface area contributed by atoms with E-state index in [1.54, 1.807) is 13.2 Å². The predicted octanol–water partition coefficient (Wildman–Crippen LogP) is 5.20. The number of hydrogen-bond acceptors (Lipinski definition) is 6. The summed E-state index contributed by atoms with van der Waals surface area (Å²) >= 11 is 0. The lowest BCUT2D eigenvalue weighted by molar-refractivity contribution is -0.178. The second-order valence-electron chi connectivity index (χ2n) is 10.2. The van der Waals surface area contributed by atoms with Crippen LogP contribution in [-0.2, 0) is 11.3 Å². The van der Waals surface area contributed by atoms with Crippen molar-refractivity contribution >= 4 is 28.6 Å². The number of likely N-dealkylation sites (tertiary alicyclic amines) is 1. The predicted molar refractivity (Wildman–Crippen MR) is 151 cm³/mol. The highest BCUT2D eigenvalue weighted by molar-refractivity contribution is 5.88. The van der Waals surface area contributed by atoms with Crippen molar-refractivity contribution in [2.45, 2.75) is 58.9 Å². The minimum absolute atomic E-state index is 0.0733. The summed E-state index contributed by atoms with van der Waals surface area (Å²) in [6.45, 7) is 8.59. The molecule has 0 atom stereocenters. The maximum Gasteiger partial charge on any atom is 0.354 e. The van der Waals surface area contributed by atoms with E-state index in [0.29, 0.717) is 5.82 Å². The van der Waals surface area contributed by atoms with Gasteiger partial charge in [0.15, 0.2) is 5.69 Å². The minimum Gasteiger partial charge on any atom is -0.496 e. The summed E-state index contributed by atoms with van der Waals surface area (Å²) in [5, 5.41) is 12.4. The van der Waals surface area contributed by atoms with Crippen molar-refractivity contribution in [2.24, 2.45) is 11.1 Å². The van der Waals surface area contributed by atoms with Crippen LogP contribution in [0.5, 0.6) is 5.75 Å². The third-order valence-corrected chi connectivity index (χ3v) is 7.31. The largest absolute Gasteiger partial charge is 0.496 e. The number of rotatable bonds is 7. The molecule has 9 nitrogen and oxygen atoms in total. The van der Waals surface area contributed by atoms with Crippen molar-refractivity contribution in [3.8, 4) is 5.75 Å². The molecule has 2 aliphatic rings. The summed E-state index contributed by atoms with van der Waals surface area (Å²) in [6.07, 6.45) is 3.90. The van der Waals surface area contributed by atoms with Crippen LogP contribution in [0.25, 0.3) is 10.9 Å². The first-order valence-corrected chi connectivity index (χ1v) is 13.5. The molecule has 0 bridgehead atoms. The number of aromatic nitrogens is 2. The molecule has 11 heteroatoms. The summed E-state index contributed by atoms with van der Waals surface area (Å²) in [5.41, 5.74) is 8.22. The van der Waals surface area contributed by atoms with Crippen molar-refractivity contribution in [1.82, 2.24) is 14.9 Å². The molecule has 1 saturated heterocycles. The van der Waals surface area contributed by atoms with Crippen LogP contribution < -0.4 is 15.8 Å². The summed E-state index contributed by atoms with van der Waals surface area (Å²) < 4.78 is 32.1. The van der Waals surface area contributed by atoms with Crippen LogP contribution in [0.2, 0.25) is 0 Å². The molecule has 1 aliphatic carbocycles. The number of methoxy groups -OCH3 is 1. The molecule has 1 amide bonds. The van der Waals surface area contributed by atoms with Gasteiger partial charge in [0.05, 0.1) is 13.7 Å². The van der Waals surface area contributed by atoms with Gasteiger partial charge in [-0.05, 0) is 68.1 Å². The van der Waals surface area contributed by atoms with Crippen LogP contribution in [0, 0.1) is 12.3 Å². The number of carbonyl (C=O) groups excluding carboxylic acids is 1. The second-order valence-corrected chi connectivity index (χ2v) is 10.2. The van der Waals surface area contributed by atoms with Gasteiger partial charge in [0.2, 0.25) is 11.8 Å². The molecule has 3 aromatic rings. The number of H-pyrrole nitrogens is 1. The molecule has 3 heterocycles. The van der Waals surface area contributed by atoms with Crippen molar-refractivity contribution in [2.75, 3.05) is 32.1 Å². The Morgan fingerprint density at radius 2 is 1.88 bits per heavy atom. The average molecular weight is 560 g/mol. The summed E-state index contributed by atoms with van der Waals surface area (Å²) in [6, 6.07) is 8.61. The van der Waals surface area contributed by atoms with E-state index in [9.17, 15) is 18.4 Å². The molecule has 218 valence electrons. The zero-order valence-electron chi connectivity index (χ0n) is 23.5. The number of aromatic amines is 1. The number of halogens is 2. The van der Waals surface area contributed by atoms with E-state index in [1.807, 2.05) is 20.0 Å². The number of anilines is 1. The van der Waals surface area contributed by atoms with E-state index in [1.165, 1.54) is 28.6 Å². The SMILES string of the molecule is CC.COc1cc(C)c2[nH]ccc2c1CN1CCC2(CC1)CC(F)(F)C2.NC(=O)CNc1cccc(C(=O)O)n1. The Morgan fingerprint density at radius 3 is 2.45 bits per heavy atom. The molecular weight excluding hydrogens is 520 g/mol. The highest BCUT2D eigenvalue weighted by Gasteiger charge is 2.56. The van der Waals surface area contributed by atoms with E-state index in [-0.39, 0.29) is 30.5 Å². The van der Waals surface area contributed by atoms with Gasteiger partial charge in [0, 0.05) is 42.0 Å². The van der Waals surface area contributed by atoms with Crippen LogP contribution >= 0.6 is 0 Å². The molecule has 40 heavy (non-hydrogen) atoms. The fourth-order valence-corrected chi connectivity index (χ4v) is 5.42. The second kappa shape index (κ2) is 13.1. The highest BCUT2D eigenvalue weighted by Crippen LogP contribution is 2.57. The van der Waals surface area contributed by atoms with Crippen molar-refractivity contribution in [3.63, 3.8) is 0 Å². The van der Waals surface area contributed by atoms with E-state index in [0.717, 1.165) is 43.7 Å². The van der Waals surface area contributed by atoms with Crippen molar-refractivity contribution < 1.29 is 28.2 Å².